The highest BCUT2D eigenvalue weighted by Crippen LogP contribution is 2.50. The molecule has 1 saturated carbocycles. The summed E-state index contributed by atoms with van der Waals surface area (Å²) in [6.07, 6.45) is 4.13. The number of aryl methyl sites for hydroxylation is 1. The first-order chi connectivity index (χ1) is 29.0. The Labute approximate surface area is 354 Å². The molecule has 4 heterocycles. The van der Waals surface area contributed by atoms with Crippen molar-refractivity contribution in [2.24, 2.45) is 17.6 Å². The first-order valence-electron chi connectivity index (χ1n) is 19.6. The Morgan fingerprint density at radius 2 is 1.58 bits per heavy atom. The normalized spacial score (nSPS) is 16.7. The molecule has 1 aliphatic heterocycles. The van der Waals surface area contributed by atoms with Gasteiger partial charge in [-0.2, -0.15) is 5.10 Å². The molecule has 4 amide bonds. The molecule has 0 radical (unpaired) electrons. The number of ketones is 1. The van der Waals surface area contributed by atoms with E-state index in [2.05, 4.69) is 51.9 Å². The van der Waals surface area contributed by atoms with Crippen LogP contribution in [-0.2, 0) is 51.2 Å². The Hall–Kier alpha value is -5.25. The summed E-state index contributed by atoms with van der Waals surface area (Å²) in [5, 5.41) is 13.4. The molecule has 2 fully saturated rings. The molecule has 5 N–H and O–H groups in total. The van der Waals surface area contributed by atoms with Gasteiger partial charge in [0.25, 0.3) is 0 Å². The van der Waals surface area contributed by atoms with Gasteiger partial charge in [-0.3, -0.25) is 28.7 Å². The molecule has 3 aromatic heterocycles. The average molecular weight is 894 g/mol. The topological polar surface area (TPSA) is 244 Å². The Morgan fingerprint density at radius 3 is 2.30 bits per heavy atom. The molecule has 6 rings (SSSR count). The second kappa shape index (κ2) is 21.3. The SMILES string of the molecule is CC(=O)c1nn(CC(=O)N2C[C@H]3C[C@H]3[C@H]2C(=O)Nc2nc(Br)ccc2C)c2ccc(-c3cnc(CNC(=O)COCCOCCNC(=O)COCCOCCN)nc3)cc12. The van der Waals surface area contributed by atoms with Crippen LogP contribution in [0.5, 0.6) is 0 Å². The predicted octanol–water partition coefficient (Wildman–Crippen LogP) is 1.40. The Kier molecular flexibility index (Phi) is 15.7. The average Bonchev–Trinajstić information content (AvgIpc) is 3.74. The molecule has 1 aliphatic carbocycles. The number of nitrogens with zero attached hydrogens (tertiary/aromatic N) is 6. The zero-order valence-electron chi connectivity index (χ0n) is 33.5. The quantitative estimate of drug-likeness (QED) is 0.0468. The summed E-state index contributed by atoms with van der Waals surface area (Å²) < 4.78 is 23.2. The minimum absolute atomic E-state index is 0.0726. The van der Waals surface area contributed by atoms with Crippen LogP contribution in [0.3, 0.4) is 0 Å². The van der Waals surface area contributed by atoms with Crippen molar-refractivity contribution in [2.75, 3.05) is 77.8 Å². The Bertz CT molecular complexity index is 2170. The third-order valence-corrected chi connectivity index (χ3v) is 10.4. The summed E-state index contributed by atoms with van der Waals surface area (Å²) >= 11 is 3.35. The summed E-state index contributed by atoms with van der Waals surface area (Å²) in [6, 6.07) is 8.47. The highest BCUT2D eigenvalue weighted by molar-refractivity contribution is 9.10. The number of carbonyl (C=O) groups excluding carboxylic acids is 5. The second-order valence-corrected chi connectivity index (χ2v) is 15.2. The number of hydrogen-bond donors (Lipinski definition) is 4. The zero-order chi connectivity index (χ0) is 42.6. The fourth-order valence-corrected chi connectivity index (χ4v) is 7.14. The lowest BCUT2D eigenvalue weighted by molar-refractivity contribution is -0.138. The van der Waals surface area contributed by atoms with Gasteiger partial charge in [0, 0.05) is 49.9 Å². The molecule has 0 unspecified atom stereocenters. The van der Waals surface area contributed by atoms with Crippen LogP contribution in [0.4, 0.5) is 5.82 Å². The van der Waals surface area contributed by atoms with Gasteiger partial charge in [0.1, 0.15) is 47.7 Å². The van der Waals surface area contributed by atoms with Gasteiger partial charge in [0.05, 0.1) is 51.7 Å². The second-order valence-electron chi connectivity index (χ2n) is 14.4. The van der Waals surface area contributed by atoms with Crippen molar-refractivity contribution in [2.45, 2.75) is 39.4 Å². The first kappa shape index (κ1) is 44.3. The number of likely N-dealkylation sites (tertiary alicyclic amines) is 1. The molecule has 320 valence electrons. The number of nitrogens with one attached hydrogen (secondary N) is 3. The third kappa shape index (κ3) is 11.9. The van der Waals surface area contributed by atoms with E-state index in [0.717, 1.165) is 17.5 Å². The number of aromatic nitrogens is 5. The number of hydrogen-bond acceptors (Lipinski definition) is 14. The largest absolute Gasteiger partial charge is 0.378 e. The van der Waals surface area contributed by atoms with Gasteiger partial charge in [0.15, 0.2) is 5.78 Å². The smallest absolute Gasteiger partial charge is 0.248 e. The molecule has 1 saturated heterocycles. The molecule has 60 heavy (non-hydrogen) atoms. The number of fused-ring (bicyclic) bond motifs is 2. The molecule has 4 aromatic rings. The highest BCUT2D eigenvalue weighted by Gasteiger charge is 2.56. The molecule has 3 atom stereocenters. The summed E-state index contributed by atoms with van der Waals surface area (Å²) in [7, 11) is 0. The summed E-state index contributed by atoms with van der Waals surface area (Å²) in [5.41, 5.74) is 8.35. The van der Waals surface area contributed by atoms with Gasteiger partial charge in [-0.05, 0) is 70.4 Å². The van der Waals surface area contributed by atoms with Crippen molar-refractivity contribution in [3.05, 3.63) is 64.4 Å². The minimum atomic E-state index is -0.622. The number of ether oxygens (including phenoxy) is 4. The van der Waals surface area contributed by atoms with Gasteiger partial charge < -0.3 is 45.5 Å². The van der Waals surface area contributed by atoms with Crippen LogP contribution in [0, 0.1) is 18.8 Å². The van der Waals surface area contributed by atoms with E-state index < -0.39 is 6.04 Å². The van der Waals surface area contributed by atoms with Crippen molar-refractivity contribution in [1.82, 2.24) is 40.3 Å². The lowest BCUT2D eigenvalue weighted by atomic mass is 10.0. The van der Waals surface area contributed by atoms with Crippen molar-refractivity contribution in [1.29, 1.82) is 0 Å². The van der Waals surface area contributed by atoms with Crippen LogP contribution in [0.15, 0.2) is 47.3 Å². The van der Waals surface area contributed by atoms with Crippen LogP contribution >= 0.6 is 15.9 Å². The van der Waals surface area contributed by atoms with E-state index in [1.165, 1.54) is 11.6 Å². The number of rotatable bonds is 23. The summed E-state index contributed by atoms with van der Waals surface area (Å²) in [6.45, 7) is 6.02. The van der Waals surface area contributed by atoms with E-state index in [1.807, 2.05) is 25.1 Å². The first-order valence-corrected chi connectivity index (χ1v) is 20.4. The maximum Gasteiger partial charge on any atom is 0.248 e. The molecular formula is C40H49BrN10O9. The van der Waals surface area contributed by atoms with E-state index in [4.69, 9.17) is 24.7 Å². The van der Waals surface area contributed by atoms with Gasteiger partial charge in [-0.25, -0.2) is 15.0 Å². The highest BCUT2D eigenvalue weighted by atomic mass is 79.9. The molecule has 2 aliphatic rings. The van der Waals surface area contributed by atoms with Crippen molar-refractivity contribution >= 4 is 62.1 Å². The Morgan fingerprint density at radius 1 is 0.883 bits per heavy atom. The van der Waals surface area contributed by atoms with Gasteiger partial charge in [0.2, 0.25) is 23.6 Å². The molecule has 0 bridgehead atoms. The van der Waals surface area contributed by atoms with Crippen LogP contribution in [0.25, 0.3) is 22.0 Å². The Balaban J connectivity index is 0.945. The number of pyridine rings is 1. The number of piperidine rings is 1. The third-order valence-electron chi connectivity index (χ3n) is 9.94. The van der Waals surface area contributed by atoms with Gasteiger partial charge in [-0.15, -0.1) is 0 Å². The molecule has 1 aromatic carbocycles. The number of carbonyl (C=O) groups is 5. The van der Waals surface area contributed by atoms with E-state index in [9.17, 15) is 24.0 Å². The van der Waals surface area contributed by atoms with Crippen molar-refractivity contribution in [3.8, 4) is 11.1 Å². The number of benzene rings is 1. The summed E-state index contributed by atoms with van der Waals surface area (Å²) in [5.74, 6) is -0.223. The number of amides is 4. The predicted molar refractivity (Wildman–Crippen MR) is 220 cm³/mol. The van der Waals surface area contributed by atoms with E-state index in [-0.39, 0.29) is 93.1 Å². The van der Waals surface area contributed by atoms with Crippen LogP contribution in [0.1, 0.15) is 35.2 Å². The van der Waals surface area contributed by atoms with Crippen LogP contribution in [0.2, 0.25) is 0 Å². The lowest BCUT2D eigenvalue weighted by Gasteiger charge is -2.27. The van der Waals surface area contributed by atoms with Crippen molar-refractivity contribution in [3.63, 3.8) is 0 Å². The van der Waals surface area contributed by atoms with Crippen LogP contribution < -0.4 is 21.7 Å². The standard InChI is InChI=1S/C40H49BrN10O9/c1-24-3-6-32(41)47-39(24)48-40(56)38-29-16-27(29)20-50(38)36(55)21-51-31-5-4-26(15-30(31)37(49-51)25(2)52)28-17-44-33(45-18-28)19-46-35(54)23-60-14-12-58-10-8-43-34(53)22-59-13-11-57-9-7-42/h3-6,15,17-18,27,29,38H,7-14,16,19-23,42H2,1-2H3,(H,43,53)(H,46,54)(H,47,48,56)/t27-,29-,38+/m1/s1. The molecule has 20 heteroatoms. The van der Waals surface area contributed by atoms with Crippen LogP contribution in [-0.4, -0.2) is 138 Å². The van der Waals surface area contributed by atoms with Gasteiger partial charge in [-0.1, -0.05) is 12.1 Å². The monoisotopic (exact) mass is 892 g/mol. The molecular weight excluding hydrogens is 844 g/mol. The van der Waals surface area contributed by atoms with Crippen molar-refractivity contribution < 1.29 is 42.9 Å². The summed E-state index contributed by atoms with van der Waals surface area (Å²) in [4.78, 5) is 78.8. The van der Waals surface area contributed by atoms with Gasteiger partial charge >= 0.3 is 0 Å². The van der Waals surface area contributed by atoms with E-state index in [1.54, 1.807) is 29.4 Å². The maximum atomic E-state index is 13.8. The number of nitrogens with two attached hydrogens (primary N) is 1. The number of halogens is 1. The molecule has 19 nitrogen and oxygen atoms in total. The molecule has 0 spiro atoms. The maximum absolute atomic E-state index is 13.8. The van der Waals surface area contributed by atoms with E-state index >= 15 is 0 Å². The lowest BCUT2D eigenvalue weighted by Crippen LogP contribution is -2.47. The number of anilines is 1. The fraction of sp³-hybridized carbons (Fsp3) is 0.475. The van der Waals surface area contributed by atoms with E-state index in [0.29, 0.717) is 72.2 Å². The minimum Gasteiger partial charge on any atom is -0.378 e. The number of Topliss-reactive ketones (excluding diaryl/α,β-unsaturated/α-hetero) is 1. The fourth-order valence-electron chi connectivity index (χ4n) is 6.83. The zero-order valence-corrected chi connectivity index (χ0v) is 35.1.